The smallest absolute Gasteiger partial charge is 0.341 e. The van der Waals surface area contributed by atoms with Gasteiger partial charge < -0.3 is 15.4 Å². The van der Waals surface area contributed by atoms with Crippen molar-refractivity contribution < 1.29 is 19.1 Å². The van der Waals surface area contributed by atoms with Crippen LogP contribution in [0.25, 0.3) is 0 Å². The van der Waals surface area contributed by atoms with Gasteiger partial charge in [-0.2, -0.15) is 0 Å². The molecule has 0 saturated heterocycles. The number of amides is 2. The fourth-order valence-electron chi connectivity index (χ4n) is 1.92. The van der Waals surface area contributed by atoms with Crippen molar-refractivity contribution >= 4 is 29.5 Å². The van der Waals surface area contributed by atoms with E-state index in [9.17, 15) is 14.4 Å². The average molecular weight is 381 g/mol. The van der Waals surface area contributed by atoms with E-state index < -0.39 is 5.97 Å². The Bertz CT molecular complexity index is 596. The molecule has 0 aliphatic carbocycles. The van der Waals surface area contributed by atoms with Crippen LogP contribution in [-0.4, -0.2) is 48.2 Å². The van der Waals surface area contributed by atoms with Gasteiger partial charge in [0.2, 0.25) is 5.91 Å². The predicted molar refractivity (Wildman–Crippen MR) is 101 cm³/mol. The van der Waals surface area contributed by atoms with Crippen LogP contribution in [0.2, 0.25) is 0 Å². The summed E-state index contributed by atoms with van der Waals surface area (Å²) in [7, 11) is 0. The molecular weight excluding hydrogens is 354 g/mol. The number of esters is 1. The molecule has 0 bridgehead atoms. The van der Waals surface area contributed by atoms with Crippen molar-refractivity contribution in [1.82, 2.24) is 15.6 Å². The second-order valence-corrected chi connectivity index (χ2v) is 6.59. The van der Waals surface area contributed by atoms with Crippen molar-refractivity contribution in [2.45, 2.75) is 44.6 Å². The summed E-state index contributed by atoms with van der Waals surface area (Å²) in [5, 5.41) is 5.90. The van der Waals surface area contributed by atoms with Crippen molar-refractivity contribution in [3.8, 4) is 0 Å². The number of hydrogen-bond acceptors (Lipinski definition) is 6. The van der Waals surface area contributed by atoms with Gasteiger partial charge in [-0.3, -0.25) is 9.59 Å². The molecule has 0 radical (unpaired) electrons. The molecule has 0 atom stereocenters. The van der Waals surface area contributed by atoms with E-state index in [2.05, 4.69) is 22.5 Å². The van der Waals surface area contributed by atoms with Crippen molar-refractivity contribution in [3.63, 3.8) is 0 Å². The van der Waals surface area contributed by atoms with Crippen LogP contribution in [-0.2, 0) is 14.3 Å². The average Bonchev–Trinajstić information content (AvgIpc) is 2.65. The van der Waals surface area contributed by atoms with Crippen molar-refractivity contribution in [1.29, 1.82) is 0 Å². The zero-order valence-electron chi connectivity index (χ0n) is 15.4. The molecule has 0 saturated carbocycles. The van der Waals surface area contributed by atoms with Gasteiger partial charge in [0.15, 0.2) is 6.61 Å². The van der Waals surface area contributed by atoms with Gasteiger partial charge in [0.05, 0.1) is 11.3 Å². The van der Waals surface area contributed by atoms with Crippen LogP contribution in [0, 0.1) is 0 Å². The van der Waals surface area contributed by atoms with Crippen LogP contribution in [0.3, 0.4) is 0 Å². The highest BCUT2D eigenvalue weighted by Gasteiger charge is 2.16. The lowest BCUT2D eigenvalue weighted by Gasteiger charge is -2.09. The number of unbranched alkanes of at least 4 members (excludes halogenated alkanes) is 2. The highest BCUT2D eigenvalue weighted by atomic mass is 32.2. The van der Waals surface area contributed by atoms with E-state index in [0.29, 0.717) is 18.1 Å². The first kappa shape index (κ1) is 22.0. The van der Waals surface area contributed by atoms with Gasteiger partial charge in [-0.15, -0.1) is 0 Å². The van der Waals surface area contributed by atoms with Gasteiger partial charge in [0, 0.05) is 19.3 Å². The number of rotatable bonds is 12. The van der Waals surface area contributed by atoms with Gasteiger partial charge in [-0.05, 0) is 25.0 Å². The summed E-state index contributed by atoms with van der Waals surface area (Å²) in [4.78, 5) is 39.7. The summed E-state index contributed by atoms with van der Waals surface area (Å²) in [6.07, 6.45) is 5.34. The zero-order chi connectivity index (χ0) is 19.2. The lowest BCUT2D eigenvalue weighted by atomic mass is 10.3. The Morgan fingerprint density at radius 3 is 2.38 bits per heavy atom. The molecule has 1 heterocycles. The number of hydrogen-bond donors (Lipinski definition) is 2. The van der Waals surface area contributed by atoms with Crippen LogP contribution < -0.4 is 10.6 Å². The fourth-order valence-corrected chi connectivity index (χ4v) is 2.73. The third kappa shape index (κ3) is 8.84. The van der Waals surface area contributed by atoms with Gasteiger partial charge in [0.1, 0.15) is 5.03 Å². The lowest BCUT2D eigenvalue weighted by molar-refractivity contribution is -0.124. The van der Waals surface area contributed by atoms with Gasteiger partial charge in [0.25, 0.3) is 5.91 Å². The molecule has 2 amide bonds. The highest BCUT2D eigenvalue weighted by molar-refractivity contribution is 8.00. The number of carbonyl (C=O) groups is 3. The minimum atomic E-state index is -0.627. The SMILES string of the molecule is CCCCNC(=O)COC(=O)c1cccnc1SCC(=O)NCCCC. The van der Waals surface area contributed by atoms with E-state index in [1.54, 1.807) is 18.3 Å². The minimum absolute atomic E-state index is 0.108. The molecule has 0 spiro atoms. The Hall–Kier alpha value is -2.09. The molecule has 0 unspecified atom stereocenters. The van der Waals surface area contributed by atoms with E-state index in [1.165, 1.54) is 11.8 Å². The number of pyridine rings is 1. The summed E-state index contributed by atoms with van der Waals surface area (Å²) in [6.45, 7) is 4.95. The maximum absolute atomic E-state index is 12.2. The van der Waals surface area contributed by atoms with Gasteiger partial charge >= 0.3 is 5.97 Å². The third-order valence-corrected chi connectivity index (χ3v) is 4.38. The fraction of sp³-hybridized carbons (Fsp3) is 0.556. The summed E-state index contributed by atoms with van der Waals surface area (Å²) in [6, 6.07) is 3.19. The Kier molecular flexibility index (Phi) is 11.1. The van der Waals surface area contributed by atoms with Crippen LogP contribution in [0.1, 0.15) is 49.9 Å². The molecular formula is C18H27N3O4S. The van der Waals surface area contributed by atoms with E-state index in [4.69, 9.17) is 4.74 Å². The first-order valence-corrected chi connectivity index (χ1v) is 9.85. The largest absolute Gasteiger partial charge is 0.452 e. The number of ether oxygens (including phenoxy) is 1. The second kappa shape index (κ2) is 13.2. The Labute approximate surface area is 158 Å². The van der Waals surface area contributed by atoms with Crippen molar-refractivity contribution in [2.75, 3.05) is 25.4 Å². The molecule has 1 rings (SSSR count). The summed E-state index contributed by atoms with van der Waals surface area (Å²) in [5.41, 5.74) is 0.250. The summed E-state index contributed by atoms with van der Waals surface area (Å²) < 4.78 is 5.04. The number of nitrogens with zero attached hydrogens (tertiary/aromatic N) is 1. The Morgan fingerprint density at radius 1 is 1.08 bits per heavy atom. The summed E-state index contributed by atoms with van der Waals surface area (Å²) in [5.74, 6) is -0.903. The van der Waals surface area contributed by atoms with Crippen LogP contribution >= 0.6 is 11.8 Å². The molecule has 7 nitrogen and oxygen atoms in total. The standard InChI is InChI=1S/C18H27N3O4S/c1-3-5-9-19-15(22)12-25-18(24)14-8-7-11-21-17(14)26-13-16(23)20-10-6-4-2/h7-8,11H,3-6,9-10,12-13H2,1-2H3,(H,19,22)(H,20,23). The quantitative estimate of drug-likeness (QED) is 0.327. The van der Waals surface area contributed by atoms with Crippen LogP contribution in [0.4, 0.5) is 0 Å². The number of nitrogens with one attached hydrogen (secondary N) is 2. The second-order valence-electron chi connectivity index (χ2n) is 5.63. The topological polar surface area (TPSA) is 97.4 Å². The van der Waals surface area contributed by atoms with E-state index in [0.717, 1.165) is 25.7 Å². The molecule has 0 fully saturated rings. The predicted octanol–water partition coefficient (Wildman–Crippen LogP) is 2.16. The number of aromatic nitrogens is 1. The van der Waals surface area contributed by atoms with Crippen LogP contribution in [0.5, 0.6) is 0 Å². The first-order chi connectivity index (χ1) is 12.6. The molecule has 144 valence electrons. The van der Waals surface area contributed by atoms with Gasteiger partial charge in [-0.25, -0.2) is 9.78 Å². The molecule has 0 aliphatic heterocycles. The maximum Gasteiger partial charge on any atom is 0.341 e. The minimum Gasteiger partial charge on any atom is -0.452 e. The number of carbonyl (C=O) groups excluding carboxylic acids is 3. The monoisotopic (exact) mass is 381 g/mol. The Morgan fingerprint density at radius 2 is 1.73 bits per heavy atom. The molecule has 0 aromatic carbocycles. The lowest BCUT2D eigenvalue weighted by Crippen LogP contribution is -2.29. The van der Waals surface area contributed by atoms with E-state index >= 15 is 0 Å². The molecule has 1 aromatic rings. The molecule has 0 aliphatic rings. The highest BCUT2D eigenvalue weighted by Crippen LogP contribution is 2.20. The molecule has 8 heteroatoms. The van der Waals surface area contributed by atoms with E-state index in [1.807, 2.05) is 6.92 Å². The normalized spacial score (nSPS) is 10.2. The van der Waals surface area contributed by atoms with Crippen molar-refractivity contribution in [3.05, 3.63) is 23.9 Å². The zero-order valence-corrected chi connectivity index (χ0v) is 16.2. The van der Waals surface area contributed by atoms with E-state index in [-0.39, 0.29) is 29.7 Å². The molecule has 1 aromatic heterocycles. The van der Waals surface area contributed by atoms with Crippen LogP contribution in [0.15, 0.2) is 23.4 Å². The summed E-state index contributed by atoms with van der Waals surface area (Å²) >= 11 is 1.17. The third-order valence-electron chi connectivity index (χ3n) is 3.37. The van der Waals surface area contributed by atoms with Gasteiger partial charge in [-0.1, -0.05) is 38.5 Å². The van der Waals surface area contributed by atoms with Crippen molar-refractivity contribution in [2.24, 2.45) is 0 Å². The number of thioether (sulfide) groups is 1. The maximum atomic E-state index is 12.2. The molecule has 2 N–H and O–H groups in total. The molecule has 26 heavy (non-hydrogen) atoms. The first-order valence-electron chi connectivity index (χ1n) is 8.86. The Balaban J connectivity index is 2.50.